The summed E-state index contributed by atoms with van der Waals surface area (Å²) in [6.45, 7) is 0.898. The average Bonchev–Trinajstić information content (AvgIpc) is 2.65. The van der Waals surface area contributed by atoms with Crippen LogP contribution >= 0.6 is 0 Å². The Kier molecular flexibility index (Phi) is 9.54. The van der Waals surface area contributed by atoms with Crippen LogP contribution in [-0.2, 0) is 20.8 Å². The molecule has 1 aliphatic rings. The zero-order valence-electron chi connectivity index (χ0n) is 15.5. The lowest BCUT2D eigenvalue weighted by atomic mass is 9.99. The van der Waals surface area contributed by atoms with Crippen LogP contribution in [0.4, 0.5) is 13.2 Å². The number of hydrogen-bond donors (Lipinski definition) is 1. The fourth-order valence-corrected chi connectivity index (χ4v) is 2.99. The summed E-state index contributed by atoms with van der Waals surface area (Å²) < 4.78 is 55.7. The van der Waals surface area contributed by atoms with Crippen LogP contribution < -0.4 is 0 Å². The van der Waals surface area contributed by atoms with Gasteiger partial charge in [-0.05, 0) is 44.1 Å². The van der Waals surface area contributed by atoms with E-state index in [2.05, 4.69) is 0 Å². The lowest BCUT2D eigenvalue weighted by molar-refractivity contribution is -0.226. The van der Waals surface area contributed by atoms with E-state index in [4.69, 9.17) is 14.2 Å². The molecule has 0 aromatic heterocycles. The van der Waals surface area contributed by atoms with Crippen LogP contribution in [0, 0.1) is 5.92 Å². The fourth-order valence-electron chi connectivity index (χ4n) is 2.99. The summed E-state index contributed by atoms with van der Waals surface area (Å²) in [6.07, 6.45) is -3.17. The minimum absolute atomic E-state index is 0.265. The van der Waals surface area contributed by atoms with Gasteiger partial charge in [-0.25, -0.2) is 0 Å². The van der Waals surface area contributed by atoms with Gasteiger partial charge in [0.2, 0.25) is 0 Å². The molecule has 1 fully saturated rings. The summed E-state index contributed by atoms with van der Waals surface area (Å²) in [6, 6.07) is 9.64. The van der Waals surface area contributed by atoms with E-state index in [-0.39, 0.29) is 12.8 Å². The molecule has 0 bridgehead atoms. The fraction of sp³-hybridized carbons (Fsp3) is 0.700. The van der Waals surface area contributed by atoms with Gasteiger partial charge < -0.3 is 19.3 Å². The van der Waals surface area contributed by atoms with Gasteiger partial charge in [0.1, 0.15) is 0 Å². The minimum atomic E-state index is -4.40. The number of alkyl halides is 3. The van der Waals surface area contributed by atoms with Gasteiger partial charge >= 0.3 is 6.18 Å². The SMILES string of the molecule is OC(CCCOCc1ccccc1)CC(COC1CCCCO1)C(F)(F)F. The molecule has 1 aromatic rings. The molecule has 1 aromatic carbocycles. The Labute approximate surface area is 158 Å². The molecule has 3 atom stereocenters. The van der Waals surface area contributed by atoms with Crippen LogP contribution in [0.5, 0.6) is 0 Å². The number of ether oxygens (including phenoxy) is 3. The van der Waals surface area contributed by atoms with Crippen molar-refractivity contribution in [1.29, 1.82) is 0 Å². The molecule has 0 aliphatic carbocycles. The van der Waals surface area contributed by atoms with Gasteiger partial charge in [0.05, 0.1) is 25.2 Å². The van der Waals surface area contributed by atoms with E-state index in [1.165, 1.54) is 0 Å². The van der Waals surface area contributed by atoms with Gasteiger partial charge in [0.15, 0.2) is 6.29 Å². The van der Waals surface area contributed by atoms with Gasteiger partial charge in [0.25, 0.3) is 0 Å². The Bertz CT molecular complexity index is 504. The van der Waals surface area contributed by atoms with Crippen molar-refractivity contribution in [2.24, 2.45) is 5.92 Å². The first kappa shape index (κ1) is 22.1. The largest absolute Gasteiger partial charge is 0.394 e. The minimum Gasteiger partial charge on any atom is -0.393 e. The van der Waals surface area contributed by atoms with Gasteiger partial charge in [-0.15, -0.1) is 0 Å². The summed E-state index contributed by atoms with van der Waals surface area (Å²) in [4.78, 5) is 0. The maximum absolute atomic E-state index is 13.2. The standard InChI is InChI=1S/C20H29F3O4/c21-20(22,23)17(15-27-19-10-4-5-12-26-19)13-18(24)9-6-11-25-14-16-7-2-1-3-8-16/h1-3,7-8,17-19,24H,4-6,9-15H2. The van der Waals surface area contributed by atoms with E-state index < -0.39 is 31.1 Å². The first-order valence-corrected chi connectivity index (χ1v) is 9.55. The number of aliphatic hydroxyl groups excluding tert-OH is 1. The van der Waals surface area contributed by atoms with Crippen LogP contribution in [0.2, 0.25) is 0 Å². The molecule has 2 rings (SSSR count). The molecule has 0 radical (unpaired) electrons. The van der Waals surface area contributed by atoms with Gasteiger partial charge in [-0.3, -0.25) is 0 Å². The second-order valence-corrected chi connectivity index (χ2v) is 6.94. The molecule has 1 saturated heterocycles. The molecule has 7 heteroatoms. The van der Waals surface area contributed by atoms with Crippen LogP contribution in [0.15, 0.2) is 30.3 Å². The summed E-state index contributed by atoms with van der Waals surface area (Å²) in [5, 5.41) is 9.99. The van der Waals surface area contributed by atoms with Crippen LogP contribution in [-0.4, -0.2) is 43.5 Å². The van der Waals surface area contributed by atoms with E-state index >= 15 is 0 Å². The zero-order chi connectivity index (χ0) is 19.5. The van der Waals surface area contributed by atoms with Crippen LogP contribution in [0.25, 0.3) is 0 Å². The normalized spacial score (nSPS) is 20.4. The van der Waals surface area contributed by atoms with Crippen molar-refractivity contribution in [3.05, 3.63) is 35.9 Å². The molecule has 1 N–H and O–H groups in total. The zero-order valence-corrected chi connectivity index (χ0v) is 15.5. The van der Waals surface area contributed by atoms with Crippen molar-refractivity contribution >= 4 is 0 Å². The Morgan fingerprint density at radius 1 is 1.19 bits per heavy atom. The van der Waals surface area contributed by atoms with E-state index in [1.807, 2.05) is 30.3 Å². The quantitative estimate of drug-likeness (QED) is 0.567. The smallest absolute Gasteiger partial charge is 0.393 e. The Hall–Kier alpha value is -1.15. The summed E-state index contributed by atoms with van der Waals surface area (Å²) in [7, 11) is 0. The third-order valence-electron chi connectivity index (χ3n) is 4.58. The Balaban J connectivity index is 1.64. The predicted molar refractivity (Wildman–Crippen MR) is 95.0 cm³/mol. The highest BCUT2D eigenvalue weighted by Crippen LogP contribution is 2.31. The molecule has 27 heavy (non-hydrogen) atoms. The van der Waals surface area contributed by atoms with E-state index in [1.54, 1.807) is 0 Å². The number of benzene rings is 1. The van der Waals surface area contributed by atoms with Crippen molar-refractivity contribution in [3.8, 4) is 0 Å². The van der Waals surface area contributed by atoms with Crippen LogP contribution in [0.3, 0.4) is 0 Å². The first-order chi connectivity index (χ1) is 12.9. The molecule has 1 aliphatic heterocycles. The van der Waals surface area contributed by atoms with Crippen molar-refractivity contribution in [3.63, 3.8) is 0 Å². The lowest BCUT2D eigenvalue weighted by Crippen LogP contribution is -2.34. The monoisotopic (exact) mass is 390 g/mol. The first-order valence-electron chi connectivity index (χ1n) is 9.55. The predicted octanol–water partition coefficient (Wildman–Crippen LogP) is 4.46. The highest BCUT2D eigenvalue weighted by atomic mass is 19.4. The van der Waals surface area contributed by atoms with Crippen molar-refractivity contribution in [2.45, 2.75) is 63.7 Å². The van der Waals surface area contributed by atoms with Gasteiger partial charge in [-0.1, -0.05) is 30.3 Å². The van der Waals surface area contributed by atoms with E-state index in [0.29, 0.717) is 32.7 Å². The number of aliphatic hydroxyl groups is 1. The van der Waals surface area contributed by atoms with Crippen LogP contribution in [0.1, 0.15) is 44.1 Å². The Morgan fingerprint density at radius 3 is 2.63 bits per heavy atom. The number of rotatable bonds is 11. The molecular formula is C20H29F3O4. The molecule has 154 valence electrons. The Morgan fingerprint density at radius 2 is 1.96 bits per heavy atom. The molecular weight excluding hydrogens is 361 g/mol. The summed E-state index contributed by atoms with van der Waals surface area (Å²) >= 11 is 0. The second-order valence-electron chi connectivity index (χ2n) is 6.94. The summed E-state index contributed by atoms with van der Waals surface area (Å²) in [5.74, 6) is -1.69. The maximum atomic E-state index is 13.2. The third kappa shape index (κ3) is 9.06. The molecule has 0 amide bonds. The highest BCUT2D eigenvalue weighted by molar-refractivity contribution is 5.13. The maximum Gasteiger partial charge on any atom is 0.394 e. The second kappa shape index (κ2) is 11.6. The van der Waals surface area contributed by atoms with Crippen molar-refractivity contribution in [1.82, 2.24) is 0 Å². The topological polar surface area (TPSA) is 47.9 Å². The van der Waals surface area contributed by atoms with Crippen molar-refractivity contribution < 1.29 is 32.5 Å². The van der Waals surface area contributed by atoms with Gasteiger partial charge in [-0.2, -0.15) is 13.2 Å². The van der Waals surface area contributed by atoms with Crippen molar-refractivity contribution in [2.75, 3.05) is 19.8 Å². The van der Waals surface area contributed by atoms with E-state index in [9.17, 15) is 18.3 Å². The molecule has 4 nitrogen and oxygen atoms in total. The van der Waals surface area contributed by atoms with Gasteiger partial charge in [0, 0.05) is 13.2 Å². The highest BCUT2D eigenvalue weighted by Gasteiger charge is 2.41. The molecule has 1 heterocycles. The summed E-state index contributed by atoms with van der Waals surface area (Å²) in [5.41, 5.74) is 1.04. The molecule has 0 spiro atoms. The van der Waals surface area contributed by atoms with E-state index in [0.717, 1.165) is 18.4 Å². The third-order valence-corrected chi connectivity index (χ3v) is 4.58. The number of halogens is 3. The molecule has 3 unspecified atom stereocenters. The lowest BCUT2D eigenvalue weighted by Gasteiger charge is -2.27. The molecule has 0 saturated carbocycles. The number of hydrogen-bond acceptors (Lipinski definition) is 4. The average molecular weight is 390 g/mol.